The van der Waals surface area contributed by atoms with Crippen LogP contribution in [0.5, 0.6) is 0 Å². The zero-order valence-corrected chi connectivity index (χ0v) is 13.7. The van der Waals surface area contributed by atoms with Gasteiger partial charge in [0.2, 0.25) is 0 Å². The van der Waals surface area contributed by atoms with Gasteiger partial charge in [0.25, 0.3) is 0 Å². The predicted octanol–water partition coefficient (Wildman–Crippen LogP) is 2.81. The number of aryl methyl sites for hydroxylation is 1. The van der Waals surface area contributed by atoms with E-state index in [0.29, 0.717) is 0 Å². The third kappa shape index (κ3) is 4.11. The normalized spacial score (nSPS) is 16.1. The molecule has 120 valence electrons. The maximum absolute atomic E-state index is 5.79. The average molecular weight is 308 g/mol. The molecule has 0 amide bonds. The van der Waals surface area contributed by atoms with Crippen LogP contribution in [0, 0.1) is 6.92 Å². The van der Waals surface area contributed by atoms with Crippen molar-refractivity contribution in [1.29, 1.82) is 0 Å². The molecule has 1 aromatic heterocycles. The highest BCUT2D eigenvalue weighted by Gasteiger charge is 2.18. The van der Waals surface area contributed by atoms with E-state index in [-0.39, 0.29) is 0 Å². The lowest BCUT2D eigenvalue weighted by Gasteiger charge is -2.35. The Morgan fingerprint density at radius 3 is 2.57 bits per heavy atom. The van der Waals surface area contributed by atoms with Crippen LogP contribution in [0.4, 0.5) is 11.5 Å². The van der Waals surface area contributed by atoms with E-state index in [0.717, 1.165) is 49.8 Å². The lowest BCUT2D eigenvalue weighted by atomic mass is 10.2. The first-order valence-electron chi connectivity index (χ1n) is 8.13. The summed E-state index contributed by atoms with van der Waals surface area (Å²) in [7, 11) is 0. The molecule has 1 fully saturated rings. The van der Waals surface area contributed by atoms with Crippen molar-refractivity contribution in [1.82, 2.24) is 9.88 Å². The molecule has 0 spiro atoms. The Kier molecular flexibility index (Phi) is 4.93. The number of hydrogen-bond acceptors (Lipinski definition) is 4. The molecule has 1 aromatic carbocycles. The average Bonchev–Trinajstić information content (AvgIpc) is 2.57. The van der Waals surface area contributed by atoms with Gasteiger partial charge >= 0.3 is 0 Å². The second kappa shape index (κ2) is 7.29. The first-order chi connectivity index (χ1) is 11.2. The number of piperazine rings is 1. The lowest BCUT2D eigenvalue weighted by Crippen LogP contribution is -2.46. The molecule has 2 N–H and O–H groups in total. The Labute approximate surface area is 138 Å². The van der Waals surface area contributed by atoms with Gasteiger partial charge in [-0.15, -0.1) is 0 Å². The number of aromatic nitrogens is 1. The Balaban J connectivity index is 1.51. The molecular formula is C19H24N4. The number of nitrogens with zero attached hydrogens (tertiary/aromatic N) is 3. The molecule has 4 nitrogen and oxygen atoms in total. The fourth-order valence-electron chi connectivity index (χ4n) is 2.96. The molecular weight excluding hydrogens is 284 g/mol. The molecule has 23 heavy (non-hydrogen) atoms. The van der Waals surface area contributed by atoms with Gasteiger partial charge in [-0.25, -0.2) is 4.98 Å². The minimum Gasteiger partial charge on any atom is -0.397 e. The van der Waals surface area contributed by atoms with Crippen LogP contribution >= 0.6 is 0 Å². The Morgan fingerprint density at radius 2 is 1.87 bits per heavy atom. The van der Waals surface area contributed by atoms with Gasteiger partial charge in [0.1, 0.15) is 5.82 Å². The standard InChI is InChI=1S/C19H24N4/c1-16-14-18(20)15-21-19(16)23-12-10-22(11-13-23)9-5-8-17-6-3-2-4-7-17/h2-8,14-15H,9-13,20H2,1H3/b8-5+. The Morgan fingerprint density at radius 1 is 1.13 bits per heavy atom. The van der Waals surface area contributed by atoms with Gasteiger partial charge in [-0.3, -0.25) is 4.90 Å². The van der Waals surface area contributed by atoms with E-state index in [4.69, 9.17) is 5.73 Å². The first kappa shape index (κ1) is 15.6. The molecule has 0 unspecified atom stereocenters. The van der Waals surface area contributed by atoms with Gasteiger partial charge in [-0.1, -0.05) is 42.5 Å². The topological polar surface area (TPSA) is 45.4 Å². The molecule has 2 aromatic rings. The maximum Gasteiger partial charge on any atom is 0.131 e. The van der Waals surface area contributed by atoms with Crippen molar-refractivity contribution in [2.45, 2.75) is 6.92 Å². The number of hydrogen-bond donors (Lipinski definition) is 1. The van der Waals surface area contributed by atoms with Crippen LogP contribution in [0.2, 0.25) is 0 Å². The number of benzene rings is 1. The number of nitrogen functional groups attached to an aromatic ring is 1. The van der Waals surface area contributed by atoms with Crippen molar-refractivity contribution >= 4 is 17.6 Å². The number of anilines is 2. The molecule has 2 heterocycles. The quantitative estimate of drug-likeness (QED) is 0.943. The zero-order chi connectivity index (χ0) is 16.1. The third-order valence-corrected chi connectivity index (χ3v) is 4.22. The van der Waals surface area contributed by atoms with E-state index in [1.165, 1.54) is 5.56 Å². The van der Waals surface area contributed by atoms with Crippen LogP contribution < -0.4 is 10.6 Å². The van der Waals surface area contributed by atoms with Gasteiger partial charge < -0.3 is 10.6 Å². The molecule has 0 radical (unpaired) electrons. The van der Waals surface area contributed by atoms with E-state index in [9.17, 15) is 0 Å². The number of pyridine rings is 1. The van der Waals surface area contributed by atoms with Gasteiger partial charge in [-0.2, -0.15) is 0 Å². The molecule has 4 heteroatoms. The molecule has 1 saturated heterocycles. The molecule has 0 bridgehead atoms. The van der Waals surface area contributed by atoms with Crippen molar-refractivity contribution < 1.29 is 0 Å². The smallest absolute Gasteiger partial charge is 0.131 e. The van der Waals surface area contributed by atoms with Crippen molar-refractivity contribution in [2.24, 2.45) is 0 Å². The summed E-state index contributed by atoms with van der Waals surface area (Å²) < 4.78 is 0. The summed E-state index contributed by atoms with van der Waals surface area (Å²) in [5.74, 6) is 1.07. The Hall–Kier alpha value is -2.33. The van der Waals surface area contributed by atoms with Gasteiger partial charge in [-0.05, 0) is 24.1 Å². The van der Waals surface area contributed by atoms with E-state index in [1.807, 2.05) is 12.1 Å². The van der Waals surface area contributed by atoms with Crippen LogP contribution in [0.25, 0.3) is 6.08 Å². The summed E-state index contributed by atoms with van der Waals surface area (Å²) in [6.07, 6.45) is 6.19. The first-order valence-corrected chi connectivity index (χ1v) is 8.13. The monoisotopic (exact) mass is 308 g/mol. The summed E-state index contributed by atoms with van der Waals surface area (Å²) in [4.78, 5) is 9.32. The third-order valence-electron chi connectivity index (χ3n) is 4.22. The van der Waals surface area contributed by atoms with Crippen molar-refractivity contribution in [3.8, 4) is 0 Å². The molecule has 3 rings (SSSR count). The molecule has 1 aliphatic heterocycles. The summed E-state index contributed by atoms with van der Waals surface area (Å²) >= 11 is 0. The number of nitrogens with two attached hydrogens (primary N) is 1. The van der Waals surface area contributed by atoms with E-state index in [1.54, 1.807) is 6.20 Å². The van der Waals surface area contributed by atoms with Gasteiger partial charge in [0.05, 0.1) is 11.9 Å². The molecule has 1 aliphatic rings. The second-order valence-electron chi connectivity index (χ2n) is 6.01. The van der Waals surface area contributed by atoms with Gasteiger partial charge in [0.15, 0.2) is 0 Å². The van der Waals surface area contributed by atoms with Crippen molar-refractivity contribution in [3.63, 3.8) is 0 Å². The van der Waals surface area contributed by atoms with Crippen molar-refractivity contribution in [2.75, 3.05) is 43.4 Å². The second-order valence-corrected chi connectivity index (χ2v) is 6.01. The van der Waals surface area contributed by atoms with E-state index in [2.05, 4.69) is 58.1 Å². The SMILES string of the molecule is Cc1cc(N)cnc1N1CCN(C/C=C/c2ccccc2)CC1. The molecule has 0 aliphatic carbocycles. The van der Waals surface area contributed by atoms with Crippen LogP contribution in [0.3, 0.4) is 0 Å². The summed E-state index contributed by atoms with van der Waals surface area (Å²) in [5, 5.41) is 0. The van der Waals surface area contributed by atoms with Crippen LogP contribution in [0.1, 0.15) is 11.1 Å². The highest BCUT2D eigenvalue weighted by atomic mass is 15.3. The van der Waals surface area contributed by atoms with Crippen LogP contribution in [-0.2, 0) is 0 Å². The number of rotatable bonds is 4. The van der Waals surface area contributed by atoms with Crippen LogP contribution in [0.15, 0.2) is 48.7 Å². The fraction of sp³-hybridized carbons (Fsp3) is 0.316. The highest BCUT2D eigenvalue weighted by molar-refractivity contribution is 5.53. The summed E-state index contributed by atoms with van der Waals surface area (Å²) in [6.45, 7) is 7.22. The summed E-state index contributed by atoms with van der Waals surface area (Å²) in [6, 6.07) is 12.4. The zero-order valence-electron chi connectivity index (χ0n) is 13.7. The predicted molar refractivity (Wildman–Crippen MR) is 97.5 cm³/mol. The summed E-state index contributed by atoms with van der Waals surface area (Å²) in [5.41, 5.74) is 8.93. The largest absolute Gasteiger partial charge is 0.397 e. The Bertz CT molecular complexity index is 658. The fourth-order valence-corrected chi connectivity index (χ4v) is 2.96. The van der Waals surface area contributed by atoms with E-state index < -0.39 is 0 Å². The van der Waals surface area contributed by atoms with E-state index >= 15 is 0 Å². The molecule has 0 atom stereocenters. The highest BCUT2D eigenvalue weighted by Crippen LogP contribution is 2.20. The minimum atomic E-state index is 0.732. The van der Waals surface area contributed by atoms with Crippen LogP contribution in [-0.4, -0.2) is 42.6 Å². The maximum atomic E-state index is 5.79. The molecule has 0 saturated carbocycles. The van der Waals surface area contributed by atoms with Gasteiger partial charge in [0, 0.05) is 32.7 Å². The lowest BCUT2D eigenvalue weighted by molar-refractivity contribution is 0.283. The van der Waals surface area contributed by atoms with Crippen molar-refractivity contribution in [3.05, 3.63) is 59.8 Å². The minimum absolute atomic E-state index is 0.732.